The minimum Gasteiger partial charge on any atom is -0.480 e. The van der Waals surface area contributed by atoms with Gasteiger partial charge in [0, 0.05) is 26.1 Å². The lowest BCUT2D eigenvalue weighted by Gasteiger charge is -2.48. The molecule has 0 aromatic heterocycles. The lowest BCUT2D eigenvalue weighted by molar-refractivity contribution is -0.155. The predicted molar refractivity (Wildman–Crippen MR) is 96.4 cm³/mol. The maximum Gasteiger partial charge on any atom is 0.326 e. The molecule has 27 heavy (non-hydrogen) atoms. The number of carboxylic acid groups (broad SMARTS) is 1. The monoisotopic (exact) mass is 376 g/mol. The molecule has 0 unspecified atom stereocenters. The van der Waals surface area contributed by atoms with Crippen LogP contribution in [-0.2, 0) is 20.8 Å². The molecular weight excluding hydrogens is 351 g/mol. The Morgan fingerprint density at radius 3 is 2.59 bits per heavy atom. The van der Waals surface area contributed by atoms with Crippen LogP contribution in [0.5, 0.6) is 0 Å². The molecule has 3 rings (SSSR count). The zero-order valence-electron chi connectivity index (χ0n) is 15.5. The van der Waals surface area contributed by atoms with Crippen molar-refractivity contribution in [3.05, 3.63) is 35.6 Å². The third-order valence-corrected chi connectivity index (χ3v) is 5.94. The van der Waals surface area contributed by atoms with Gasteiger partial charge in [-0.15, -0.1) is 0 Å². The van der Waals surface area contributed by atoms with Crippen molar-refractivity contribution in [2.45, 2.75) is 45.1 Å². The molecule has 7 heteroatoms. The van der Waals surface area contributed by atoms with Crippen LogP contribution < -0.4 is 0 Å². The number of hydrogen-bond acceptors (Lipinski definition) is 3. The molecule has 0 aliphatic carbocycles. The number of halogens is 1. The van der Waals surface area contributed by atoms with E-state index < -0.39 is 12.0 Å². The normalized spacial score (nSPS) is 20.6. The summed E-state index contributed by atoms with van der Waals surface area (Å²) in [5.41, 5.74) is 0.540. The highest BCUT2D eigenvalue weighted by molar-refractivity contribution is 5.84. The van der Waals surface area contributed by atoms with Crippen LogP contribution in [0.2, 0.25) is 0 Å². The van der Waals surface area contributed by atoms with Crippen molar-refractivity contribution in [3.8, 4) is 0 Å². The molecule has 0 saturated carbocycles. The second-order valence-electron chi connectivity index (χ2n) is 7.72. The van der Waals surface area contributed by atoms with Crippen LogP contribution in [0.25, 0.3) is 0 Å². The fraction of sp³-hybridized carbons (Fsp3) is 0.550. The standard InChI is InChI=1S/C20H25FN2O4/c1-14(19(26)27)23-13-20(6-5-17(23)24)7-9-22(10-8-20)18(25)12-15-3-2-4-16(21)11-15/h2-4,11,14H,5-10,12-13H2,1H3,(H,26,27)/t14-/m0/s1. The Morgan fingerprint density at radius 1 is 1.26 bits per heavy atom. The Balaban J connectivity index is 1.60. The molecule has 0 bridgehead atoms. The number of amides is 2. The van der Waals surface area contributed by atoms with Crippen LogP contribution in [0, 0.1) is 11.2 Å². The fourth-order valence-corrected chi connectivity index (χ4v) is 4.10. The van der Waals surface area contributed by atoms with E-state index >= 15 is 0 Å². The van der Waals surface area contributed by atoms with Gasteiger partial charge in [-0.25, -0.2) is 9.18 Å². The molecular formula is C20H25FN2O4. The molecule has 2 heterocycles. The van der Waals surface area contributed by atoms with E-state index in [1.165, 1.54) is 24.0 Å². The van der Waals surface area contributed by atoms with E-state index in [9.17, 15) is 23.9 Å². The molecule has 2 aliphatic heterocycles. The van der Waals surface area contributed by atoms with Gasteiger partial charge >= 0.3 is 5.97 Å². The van der Waals surface area contributed by atoms with Crippen LogP contribution in [0.3, 0.4) is 0 Å². The summed E-state index contributed by atoms with van der Waals surface area (Å²) < 4.78 is 13.3. The van der Waals surface area contributed by atoms with Crippen molar-refractivity contribution in [1.82, 2.24) is 9.80 Å². The van der Waals surface area contributed by atoms with E-state index in [0.29, 0.717) is 31.6 Å². The van der Waals surface area contributed by atoms with Gasteiger partial charge in [0.2, 0.25) is 11.8 Å². The van der Waals surface area contributed by atoms with Crippen molar-refractivity contribution in [1.29, 1.82) is 0 Å². The second-order valence-corrected chi connectivity index (χ2v) is 7.72. The summed E-state index contributed by atoms with van der Waals surface area (Å²) in [4.78, 5) is 39.2. The summed E-state index contributed by atoms with van der Waals surface area (Å²) in [6.07, 6.45) is 2.76. The summed E-state index contributed by atoms with van der Waals surface area (Å²) in [5, 5.41) is 9.24. The highest BCUT2D eigenvalue weighted by Gasteiger charge is 2.43. The molecule has 146 valence electrons. The van der Waals surface area contributed by atoms with Gasteiger partial charge in [-0.3, -0.25) is 9.59 Å². The van der Waals surface area contributed by atoms with Gasteiger partial charge in [-0.1, -0.05) is 12.1 Å². The Morgan fingerprint density at radius 2 is 1.96 bits per heavy atom. The van der Waals surface area contributed by atoms with Crippen LogP contribution in [0.1, 0.15) is 38.2 Å². The molecule has 1 aromatic carbocycles. The SMILES string of the molecule is C[C@@H](C(=O)O)N1CC2(CCC1=O)CCN(C(=O)Cc1cccc(F)c1)CC2. The van der Waals surface area contributed by atoms with Gasteiger partial charge in [-0.2, -0.15) is 0 Å². The Labute approximate surface area is 157 Å². The molecule has 2 amide bonds. The lowest BCUT2D eigenvalue weighted by atomic mass is 9.72. The molecule has 1 N–H and O–H groups in total. The quantitative estimate of drug-likeness (QED) is 0.873. The van der Waals surface area contributed by atoms with Crippen LogP contribution in [0.15, 0.2) is 24.3 Å². The average Bonchev–Trinajstić information content (AvgIpc) is 2.64. The minimum absolute atomic E-state index is 0.0295. The smallest absolute Gasteiger partial charge is 0.326 e. The largest absolute Gasteiger partial charge is 0.480 e. The number of aliphatic carboxylic acids is 1. The minimum atomic E-state index is -0.997. The van der Waals surface area contributed by atoms with Crippen molar-refractivity contribution < 1.29 is 23.9 Å². The number of carbonyl (C=O) groups is 3. The Kier molecular flexibility index (Phi) is 5.48. The molecule has 2 saturated heterocycles. The van der Waals surface area contributed by atoms with E-state index in [4.69, 9.17) is 0 Å². The van der Waals surface area contributed by atoms with Gasteiger partial charge < -0.3 is 14.9 Å². The van der Waals surface area contributed by atoms with Gasteiger partial charge in [-0.05, 0) is 49.3 Å². The molecule has 6 nitrogen and oxygen atoms in total. The summed E-state index contributed by atoms with van der Waals surface area (Å²) in [6.45, 7) is 3.14. The first-order valence-electron chi connectivity index (χ1n) is 9.34. The number of likely N-dealkylation sites (tertiary alicyclic amines) is 2. The third-order valence-electron chi connectivity index (χ3n) is 5.94. The zero-order valence-corrected chi connectivity index (χ0v) is 15.5. The number of carboxylic acids is 1. The average molecular weight is 376 g/mol. The van der Waals surface area contributed by atoms with E-state index in [0.717, 1.165) is 19.3 Å². The van der Waals surface area contributed by atoms with Crippen LogP contribution in [0.4, 0.5) is 4.39 Å². The van der Waals surface area contributed by atoms with Gasteiger partial charge in [0.15, 0.2) is 0 Å². The van der Waals surface area contributed by atoms with Crippen LogP contribution in [-0.4, -0.2) is 58.4 Å². The van der Waals surface area contributed by atoms with Gasteiger partial charge in [0.1, 0.15) is 11.9 Å². The maximum atomic E-state index is 13.3. The van der Waals surface area contributed by atoms with Crippen molar-refractivity contribution in [2.75, 3.05) is 19.6 Å². The summed E-state index contributed by atoms with van der Waals surface area (Å²) in [7, 11) is 0. The number of nitrogens with zero attached hydrogens (tertiary/aromatic N) is 2. The number of carbonyl (C=O) groups excluding carboxylic acids is 2. The van der Waals surface area contributed by atoms with E-state index in [1.54, 1.807) is 17.0 Å². The Bertz CT molecular complexity index is 743. The van der Waals surface area contributed by atoms with Crippen molar-refractivity contribution >= 4 is 17.8 Å². The highest BCUT2D eigenvalue weighted by atomic mass is 19.1. The topological polar surface area (TPSA) is 77.9 Å². The van der Waals surface area contributed by atoms with Gasteiger partial charge in [0.05, 0.1) is 6.42 Å². The molecule has 2 aliphatic rings. The van der Waals surface area contributed by atoms with Crippen molar-refractivity contribution in [2.24, 2.45) is 5.41 Å². The van der Waals surface area contributed by atoms with E-state index in [2.05, 4.69) is 0 Å². The number of hydrogen-bond donors (Lipinski definition) is 1. The van der Waals surface area contributed by atoms with Crippen molar-refractivity contribution in [3.63, 3.8) is 0 Å². The predicted octanol–water partition coefficient (Wildman–Crippen LogP) is 2.07. The summed E-state index contributed by atoms with van der Waals surface area (Å²) >= 11 is 0. The van der Waals surface area contributed by atoms with Crippen LogP contribution >= 0.6 is 0 Å². The summed E-state index contributed by atoms with van der Waals surface area (Å²) in [5.74, 6) is -1.49. The number of piperidine rings is 2. The first kappa shape index (κ1) is 19.3. The molecule has 1 atom stereocenters. The second kappa shape index (κ2) is 7.66. The molecule has 1 aromatic rings. The molecule has 2 fully saturated rings. The maximum absolute atomic E-state index is 13.3. The van der Waals surface area contributed by atoms with E-state index in [-0.39, 0.29) is 29.5 Å². The number of benzene rings is 1. The highest BCUT2D eigenvalue weighted by Crippen LogP contribution is 2.40. The lowest BCUT2D eigenvalue weighted by Crippen LogP contribution is -2.56. The molecule has 0 radical (unpaired) electrons. The first-order valence-corrected chi connectivity index (χ1v) is 9.34. The molecule has 1 spiro atoms. The van der Waals surface area contributed by atoms with E-state index in [1.807, 2.05) is 0 Å². The first-order chi connectivity index (χ1) is 12.8. The number of rotatable bonds is 4. The third kappa shape index (κ3) is 4.28. The zero-order chi connectivity index (χ0) is 19.6. The summed E-state index contributed by atoms with van der Waals surface area (Å²) in [6, 6.07) is 5.24. The Hall–Kier alpha value is -2.44. The van der Waals surface area contributed by atoms with Gasteiger partial charge in [0.25, 0.3) is 0 Å². The fourth-order valence-electron chi connectivity index (χ4n) is 4.10.